The summed E-state index contributed by atoms with van der Waals surface area (Å²) in [7, 11) is 5.50. The molecule has 0 spiro atoms. The molecule has 1 amide bonds. The van der Waals surface area contributed by atoms with E-state index in [4.69, 9.17) is 4.74 Å². The monoisotopic (exact) mass is 377 g/mol. The minimum Gasteiger partial charge on any atom is -0.497 e. The number of anilines is 1. The summed E-state index contributed by atoms with van der Waals surface area (Å²) in [6.45, 7) is 1.06. The number of aromatic amines is 1. The third kappa shape index (κ3) is 3.31. The van der Waals surface area contributed by atoms with Crippen molar-refractivity contribution in [1.82, 2.24) is 19.9 Å². The number of pyridine rings is 1. The number of hydrogen-bond donors (Lipinski definition) is 1. The Bertz CT molecular complexity index is 980. The fraction of sp³-hybridized carbons (Fsp3) is 0.286. The molecule has 0 radical (unpaired) electrons. The van der Waals surface area contributed by atoms with E-state index in [1.165, 1.54) is 0 Å². The van der Waals surface area contributed by atoms with Crippen molar-refractivity contribution in [3.8, 4) is 5.75 Å². The maximum absolute atomic E-state index is 13.1. The molecular weight excluding hydrogens is 354 g/mol. The molecule has 4 rings (SSSR count). The number of methoxy groups -OCH3 is 1. The summed E-state index contributed by atoms with van der Waals surface area (Å²) in [5.74, 6) is 1.57. The Kier molecular flexibility index (Phi) is 4.73. The van der Waals surface area contributed by atoms with Crippen LogP contribution < -0.4 is 9.64 Å². The molecule has 0 saturated heterocycles. The SMILES string of the molecule is COc1cccc(C2CN(C(=O)c3ccc(N(C)C)nc3)Cc3[nH]cnc32)c1. The summed E-state index contributed by atoms with van der Waals surface area (Å²) in [6.07, 6.45) is 3.33. The summed E-state index contributed by atoms with van der Waals surface area (Å²) in [6, 6.07) is 11.6. The van der Waals surface area contributed by atoms with Crippen molar-refractivity contribution in [3.05, 3.63) is 71.4 Å². The van der Waals surface area contributed by atoms with E-state index in [0.29, 0.717) is 18.7 Å². The fourth-order valence-corrected chi connectivity index (χ4v) is 3.56. The van der Waals surface area contributed by atoms with Crippen molar-refractivity contribution in [2.24, 2.45) is 0 Å². The average Bonchev–Trinajstić information content (AvgIpc) is 3.21. The third-order valence-electron chi connectivity index (χ3n) is 5.07. The number of nitrogens with one attached hydrogen (secondary N) is 1. The van der Waals surface area contributed by atoms with Gasteiger partial charge >= 0.3 is 0 Å². The van der Waals surface area contributed by atoms with Crippen molar-refractivity contribution in [3.63, 3.8) is 0 Å². The molecule has 7 nitrogen and oxygen atoms in total. The fourth-order valence-electron chi connectivity index (χ4n) is 3.56. The highest BCUT2D eigenvalue weighted by atomic mass is 16.5. The zero-order valence-corrected chi connectivity index (χ0v) is 16.2. The number of ether oxygens (including phenoxy) is 1. The van der Waals surface area contributed by atoms with E-state index < -0.39 is 0 Å². The Morgan fingerprint density at radius 3 is 2.82 bits per heavy atom. The molecule has 0 saturated carbocycles. The van der Waals surface area contributed by atoms with Gasteiger partial charge in [0.25, 0.3) is 5.91 Å². The topological polar surface area (TPSA) is 74.3 Å². The van der Waals surface area contributed by atoms with Crippen LogP contribution >= 0.6 is 0 Å². The largest absolute Gasteiger partial charge is 0.497 e. The summed E-state index contributed by atoms with van der Waals surface area (Å²) in [5.41, 5.74) is 3.60. The lowest BCUT2D eigenvalue weighted by Gasteiger charge is -2.32. The van der Waals surface area contributed by atoms with E-state index in [0.717, 1.165) is 28.5 Å². The summed E-state index contributed by atoms with van der Waals surface area (Å²) >= 11 is 0. The number of carbonyl (C=O) groups excluding carboxylic acids is 1. The van der Waals surface area contributed by atoms with Gasteiger partial charge < -0.3 is 19.5 Å². The number of amides is 1. The van der Waals surface area contributed by atoms with Crippen LogP contribution in [0.4, 0.5) is 5.82 Å². The van der Waals surface area contributed by atoms with Crippen molar-refractivity contribution in [2.45, 2.75) is 12.5 Å². The summed E-state index contributed by atoms with van der Waals surface area (Å²) in [5, 5.41) is 0. The Labute approximate surface area is 164 Å². The molecule has 144 valence electrons. The molecular formula is C21H23N5O2. The zero-order chi connectivity index (χ0) is 19.7. The molecule has 1 N–H and O–H groups in total. The molecule has 1 unspecified atom stereocenters. The number of fused-ring (bicyclic) bond motifs is 1. The lowest BCUT2D eigenvalue weighted by molar-refractivity contribution is 0.0721. The second-order valence-electron chi connectivity index (χ2n) is 7.08. The molecule has 2 aromatic heterocycles. The van der Waals surface area contributed by atoms with Gasteiger partial charge in [0.15, 0.2) is 0 Å². The lowest BCUT2D eigenvalue weighted by Crippen LogP contribution is -2.38. The second kappa shape index (κ2) is 7.34. The van der Waals surface area contributed by atoms with Crippen molar-refractivity contribution >= 4 is 11.7 Å². The van der Waals surface area contributed by atoms with Crippen LogP contribution in [0.5, 0.6) is 5.75 Å². The highest BCUT2D eigenvalue weighted by Gasteiger charge is 2.32. The van der Waals surface area contributed by atoms with Crippen LogP contribution in [0, 0.1) is 0 Å². The Balaban J connectivity index is 1.63. The maximum atomic E-state index is 13.1. The van der Waals surface area contributed by atoms with Gasteiger partial charge in [-0.15, -0.1) is 0 Å². The van der Waals surface area contributed by atoms with Crippen LogP contribution in [0.3, 0.4) is 0 Å². The Morgan fingerprint density at radius 2 is 2.11 bits per heavy atom. The zero-order valence-electron chi connectivity index (χ0n) is 16.2. The lowest BCUT2D eigenvalue weighted by atomic mass is 9.90. The van der Waals surface area contributed by atoms with Crippen LogP contribution in [0.15, 0.2) is 48.9 Å². The summed E-state index contributed by atoms with van der Waals surface area (Å²) < 4.78 is 5.37. The van der Waals surface area contributed by atoms with Crippen molar-refractivity contribution in [1.29, 1.82) is 0 Å². The van der Waals surface area contributed by atoms with E-state index in [1.54, 1.807) is 19.6 Å². The molecule has 1 aliphatic heterocycles. The first-order valence-corrected chi connectivity index (χ1v) is 9.15. The van der Waals surface area contributed by atoms with Crippen molar-refractivity contribution in [2.75, 3.05) is 32.6 Å². The molecule has 3 aromatic rings. The summed E-state index contributed by atoms with van der Waals surface area (Å²) in [4.78, 5) is 29.0. The van der Waals surface area contributed by atoms with Crippen molar-refractivity contribution < 1.29 is 9.53 Å². The third-order valence-corrected chi connectivity index (χ3v) is 5.07. The molecule has 1 aliphatic rings. The van der Waals surface area contributed by atoms with Crippen LogP contribution in [0.25, 0.3) is 0 Å². The number of carbonyl (C=O) groups is 1. The van der Waals surface area contributed by atoms with Gasteiger partial charge in [-0.1, -0.05) is 12.1 Å². The Hall–Kier alpha value is -3.35. The van der Waals surface area contributed by atoms with E-state index in [-0.39, 0.29) is 11.8 Å². The highest BCUT2D eigenvalue weighted by Crippen LogP contribution is 2.33. The number of benzene rings is 1. The molecule has 1 aromatic carbocycles. The van der Waals surface area contributed by atoms with Gasteiger partial charge in [-0.3, -0.25) is 4.79 Å². The molecule has 0 aliphatic carbocycles. The molecule has 28 heavy (non-hydrogen) atoms. The minimum atomic E-state index is -0.0362. The molecule has 0 bridgehead atoms. The smallest absolute Gasteiger partial charge is 0.255 e. The van der Waals surface area contributed by atoms with Gasteiger partial charge in [0.2, 0.25) is 0 Å². The van der Waals surface area contributed by atoms with E-state index in [1.807, 2.05) is 60.3 Å². The second-order valence-corrected chi connectivity index (χ2v) is 7.08. The highest BCUT2D eigenvalue weighted by molar-refractivity contribution is 5.94. The number of nitrogens with zero attached hydrogens (tertiary/aromatic N) is 4. The normalized spacial score (nSPS) is 15.8. The van der Waals surface area contributed by atoms with Gasteiger partial charge in [0.1, 0.15) is 11.6 Å². The molecule has 3 heterocycles. The van der Waals surface area contributed by atoms with Crippen LogP contribution in [0.2, 0.25) is 0 Å². The first-order valence-electron chi connectivity index (χ1n) is 9.15. The predicted molar refractivity (Wildman–Crippen MR) is 107 cm³/mol. The van der Waals surface area contributed by atoms with Gasteiger partial charge in [0, 0.05) is 32.8 Å². The minimum absolute atomic E-state index is 0.0111. The van der Waals surface area contributed by atoms with E-state index >= 15 is 0 Å². The number of aromatic nitrogens is 3. The van der Waals surface area contributed by atoms with Gasteiger partial charge in [-0.2, -0.15) is 0 Å². The van der Waals surface area contributed by atoms with Crippen LogP contribution in [-0.4, -0.2) is 53.5 Å². The number of rotatable bonds is 4. The number of H-pyrrole nitrogens is 1. The predicted octanol–water partition coefficient (Wildman–Crippen LogP) is 2.67. The Morgan fingerprint density at radius 1 is 1.25 bits per heavy atom. The first-order chi connectivity index (χ1) is 13.6. The first kappa shape index (κ1) is 18.0. The van der Waals surface area contributed by atoms with Crippen LogP contribution in [-0.2, 0) is 6.54 Å². The molecule has 7 heteroatoms. The van der Waals surface area contributed by atoms with E-state index in [9.17, 15) is 4.79 Å². The maximum Gasteiger partial charge on any atom is 0.255 e. The van der Waals surface area contributed by atoms with Crippen LogP contribution in [0.1, 0.15) is 33.2 Å². The number of imidazole rings is 1. The number of hydrogen-bond acceptors (Lipinski definition) is 5. The van der Waals surface area contributed by atoms with Gasteiger partial charge in [0.05, 0.1) is 36.9 Å². The van der Waals surface area contributed by atoms with Gasteiger partial charge in [-0.05, 0) is 29.8 Å². The quantitative estimate of drug-likeness (QED) is 0.757. The molecule has 0 fully saturated rings. The molecule has 1 atom stereocenters. The standard InChI is InChI=1S/C21H23N5O2/c1-25(2)19-8-7-15(10-22-19)21(27)26-11-17(20-18(12-26)23-13-24-20)14-5-4-6-16(9-14)28-3/h4-10,13,17H,11-12H2,1-3H3,(H,23,24). The van der Waals surface area contributed by atoms with E-state index in [2.05, 4.69) is 15.0 Å². The average molecular weight is 377 g/mol. The van der Waals surface area contributed by atoms with Gasteiger partial charge in [-0.25, -0.2) is 9.97 Å².